The SMILES string of the molecule is CCCN1C(=O)C(O)=C(C(=O)c2cccs2)C1c1cccc(OCCCO)c1. The summed E-state index contributed by atoms with van der Waals surface area (Å²) in [5.74, 6) is -0.762. The van der Waals surface area contributed by atoms with E-state index in [0.29, 0.717) is 42.2 Å². The monoisotopic (exact) mass is 401 g/mol. The fourth-order valence-corrected chi connectivity index (χ4v) is 3.95. The number of ether oxygens (including phenoxy) is 1. The van der Waals surface area contributed by atoms with Crippen molar-refractivity contribution in [3.63, 3.8) is 0 Å². The van der Waals surface area contributed by atoms with Crippen LogP contribution in [-0.2, 0) is 4.79 Å². The Labute approximate surface area is 167 Å². The van der Waals surface area contributed by atoms with Crippen LogP contribution in [0.15, 0.2) is 53.1 Å². The third-order valence-electron chi connectivity index (χ3n) is 4.50. The molecule has 0 saturated heterocycles. The van der Waals surface area contributed by atoms with Crippen LogP contribution < -0.4 is 4.74 Å². The molecule has 2 N–H and O–H groups in total. The number of hydrogen-bond donors (Lipinski definition) is 2. The highest BCUT2D eigenvalue weighted by Gasteiger charge is 2.43. The minimum absolute atomic E-state index is 0.0389. The van der Waals surface area contributed by atoms with Crippen molar-refractivity contribution in [1.82, 2.24) is 4.90 Å². The van der Waals surface area contributed by atoms with E-state index in [9.17, 15) is 14.7 Å². The van der Waals surface area contributed by atoms with Crippen LogP contribution in [0.4, 0.5) is 0 Å². The summed E-state index contributed by atoms with van der Waals surface area (Å²) in [5, 5.41) is 21.2. The number of Topliss-reactive ketones (excluding diaryl/α,β-unsaturated/α-hetero) is 1. The second-order valence-electron chi connectivity index (χ2n) is 6.47. The Bertz CT molecular complexity index is 875. The van der Waals surface area contributed by atoms with Gasteiger partial charge >= 0.3 is 0 Å². The molecular formula is C21H23NO5S. The van der Waals surface area contributed by atoms with Gasteiger partial charge in [-0.3, -0.25) is 9.59 Å². The van der Waals surface area contributed by atoms with Crippen molar-refractivity contribution in [3.8, 4) is 5.75 Å². The molecule has 0 fully saturated rings. The smallest absolute Gasteiger partial charge is 0.290 e. The van der Waals surface area contributed by atoms with E-state index in [0.717, 1.165) is 0 Å². The molecule has 3 rings (SSSR count). The molecular weight excluding hydrogens is 378 g/mol. The van der Waals surface area contributed by atoms with E-state index in [1.807, 2.05) is 13.0 Å². The van der Waals surface area contributed by atoms with E-state index < -0.39 is 17.7 Å². The van der Waals surface area contributed by atoms with Gasteiger partial charge in [-0.15, -0.1) is 11.3 Å². The molecule has 1 aliphatic rings. The first kappa shape index (κ1) is 20.1. The van der Waals surface area contributed by atoms with Gasteiger partial charge in [0.15, 0.2) is 5.76 Å². The number of thiophene rings is 1. The summed E-state index contributed by atoms with van der Waals surface area (Å²) in [5.41, 5.74) is 0.806. The second-order valence-corrected chi connectivity index (χ2v) is 7.42. The highest BCUT2D eigenvalue weighted by Crippen LogP contribution is 2.40. The molecule has 1 aliphatic heterocycles. The number of hydrogen-bond acceptors (Lipinski definition) is 6. The Morgan fingerprint density at radius 2 is 2.11 bits per heavy atom. The number of rotatable bonds is 9. The maximum atomic E-state index is 13.0. The van der Waals surface area contributed by atoms with Gasteiger partial charge in [-0.1, -0.05) is 25.1 Å². The predicted molar refractivity (Wildman–Crippen MR) is 107 cm³/mol. The Morgan fingerprint density at radius 3 is 2.79 bits per heavy atom. The maximum Gasteiger partial charge on any atom is 0.290 e. The van der Waals surface area contributed by atoms with Gasteiger partial charge in [0.1, 0.15) is 5.75 Å². The number of ketones is 1. The van der Waals surface area contributed by atoms with E-state index in [4.69, 9.17) is 9.84 Å². The minimum atomic E-state index is -0.663. The molecule has 1 unspecified atom stereocenters. The molecule has 1 aromatic carbocycles. The molecule has 2 aromatic rings. The van der Waals surface area contributed by atoms with Crippen molar-refractivity contribution >= 4 is 23.0 Å². The van der Waals surface area contributed by atoms with E-state index in [2.05, 4.69) is 0 Å². The number of aliphatic hydroxyl groups excluding tert-OH is 2. The van der Waals surface area contributed by atoms with E-state index in [-0.39, 0.29) is 18.0 Å². The zero-order valence-corrected chi connectivity index (χ0v) is 16.4. The normalized spacial score (nSPS) is 16.7. The summed E-state index contributed by atoms with van der Waals surface area (Å²) in [7, 11) is 0. The maximum absolute atomic E-state index is 13.0. The zero-order chi connectivity index (χ0) is 20.1. The van der Waals surface area contributed by atoms with Crippen molar-refractivity contribution in [2.24, 2.45) is 0 Å². The number of carbonyl (C=O) groups is 2. The van der Waals surface area contributed by atoms with Gasteiger partial charge in [0.2, 0.25) is 5.78 Å². The fourth-order valence-electron chi connectivity index (χ4n) is 3.27. The van der Waals surface area contributed by atoms with Crippen LogP contribution in [0.3, 0.4) is 0 Å². The van der Waals surface area contributed by atoms with Crippen LogP contribution in [0.25, 0.3) is 0 Å². The molecule has 0 bridgehead atoms. The van der Waals surface area contributed by atoms with Gasteiger partial charge in [-0.2, -0.15) is 0 Å². The second kappa shape index (κ2) is 9.03. The third kappa shape index (κ3) is 3.95. The lowest BCUT2D eigenvalue weighted by Gasteiger charge is -2.26. The molecule has 6 nitrogen and oxygen atoms in total. The van der Waals surface area contributed by atoms with Crippen LogP contribution in [0.5, 0.6) is 5.75 Å². The van der Waals surface area contributed by atoms with E-state index in [1.165, 1.54) is 16.2 Å². The molecule has 0 saturated carbocycles. The van der Waals surface area contributed by atoms with Gasteiger partial charge in [0.25, 0.3) is 5.91 Å². The molecule has 2 heterocycles. The number of carbonyl (C=O) groups excluding carboxylic acids is 2. The highest BCUT2D eigenvalue weighted by atomic mass is 32.1. The van der Waals surface area contributed by atoms with Crippen LogP contribution in [0.1, 0.15) is 41.0 Å². The van der Waals surface area contributed by atoms with Crippen molar-refractivity contribution in [2.45, 2.75) is 25.8 Å². The summed E-state index contributed by atoms with van der Waals surface area (Å²) < 4.78 is 5.64. The molecule has 0 spiro atoms. The summed E-state index contributed by atoms with van der Waals surface area (Å²) in [6.45, 7) is 2.76. The Morgan fingerprint density at radius 1 is 1.29 bits per heavy atom. The van der Waals surface area contributed by atoms with Crippen molar-refractivity contribution < 1.29 is 24.5 Å². The number of nitrogens with zero attached hydrogens (tertiary/aromatic N) is 1. The quantitative estimate of drug-likeness (QED) is 0.496. The van der Waals surface area contributed by atoms with Gasteiger partial charge in [0, 0.05) is 19.6 Å². The Balaban J connectivity index is 2.00. The first-order valence-electron chi connectivity index (χ1n) is 9.24. The summed E-state index contributed by atoms with van der Waals surface area (Å²) in [4.78, 5) is 27.7. The fraction of sp³-hybridized carbons (Fsp3) is 0.333. The third-order valence-corrected chi connectivity index (χ3v) is 5.37. The summed E-state index contributed by atoms with van der Waals surface area (Å²) in [6, 6.07) is 9.96. The molecule has 1 aromatic heterocycles. The van der Waals surface area contributed by atoms with Crippen LogP contribution in [0, 0.1) is 0 Å². The largest absolute Gasteiger partial charge is 0.503 e. The van der Waals surface area contributed by atoms with E-state index in [1.54, 1.807) is 35.7 Å². The Kier molecular flexibility index (Phi) is 6.49. The Hall–Kier alpha value is -2.64. The molecule has 1 amide bonds. The minimum Gasteiger partial charge on any atom is -0.503 e. The highest BCUT2D eigenvalue weighted by molar-refractivity contribution is 7.12. The first-order chi connectivity index (χ1) is 13.6. The molecule has 0 radical (unpaired) electrons. The lowest BCUT2D eigenvalue weighted by Crippen LogP contribution is -2.31. The summed E-state index contributed by atoms with van der Waals surface area (Å²) >= 11 is 1.28. The van der Waals surface area contributed by atoms with Crippen molar-refractivity contribution in [3.05, 3.63) is 63.6 Å². The zero-order valence-electron chi connectivity index (χ0n) is 15.6. The molecule has 148 valence electrons. The molecule has 1 atom stereocenters. The van der Waals surface area contributed by atoms with Gasteiger partial charge < -0.3 is 19.8 Å². The topological polar surface area (TPSA) is 87.1 Å². The molecule has 7 heteroatoms. The van der Waals surface area contributed by atoms with Gasteiger partial charge in [-0.25, -0.2) is 0 Å². The number of amides is 1. The lowest BCUT2D eigenvalue weighted by molar-refractivity contribution is -0.129. The summed E-state index contributed by atoms with van der Waals surface area (Å²) in [6.07, 6.45) is 1.21. The predicted octanol–water partition coefficient (Wildman–Crippen LogP) is 3.50. The number of aliphatic hydroxyl groups is 2. The van der Waals surface area contributed by atoms with Crippen molar-refractivity contribution in [1.29, 1.82) is 0 Å². The molecule has 0 aliphatic carbocycles. The lowest BCUT2D eigenvalue weighted by atomic mass is 9.95. The standard InChI is InChI=1S/C21H23NO5S/c1-2-9-22-18(14-6-3-7-15(13-14)27-11-5-10-23)17(20(25)21(22)26)19(24)16-8-4-12-28-16/h3-4,6-8,12-13,18,23,25H,2,5,9-11H2,1H3. The van der Waals surface area contributed by atoms with Crippen LogP contribution >= 0.6 is 11.3 Å². The first-order valence-corrected chi connectivity index (χ1v) is 10.1. The van der Waals surface area contributed by atoms with E-state index >= 15 is 0 Å². The molecule has 28 heavy (non-hydrogen) atoms. The number of benzene rings is 1. The van der Waals surface area contributed by atoms with Crippen LogP contribution in [-0.4, -0.2) is 46.6 Å². The van der Waals surface area contributed by atoms with Gasteiger partial charge in [-0.05, 0) is 35.6 Å². The average Bonchev–Trinajstić information content (AvgIpc) is 3.31. The average molecular weight is 401 g/mol. The van der Waals surface area contributed by atoms with Crippen LogP contribution in [0.2, 0.25) is 0 Å². The van der Waals surface area contributed by atoms with Gasteiger partial charge in [0.05, 0.1) is 23.1 Å². The van der Waals surface area contributed by atoms with Crippen molar-refractivity contribution in [2.75, 3.05) is 19.8 Å².